The molecule has 0 atom stereocenters. The first-order valence-corrected chi connectivity index (χ1v) is 11.9. The SMILES string of the molecule is CCCCCC(=O)Oc1ccc2cc([C@H]3CC[C@H](CCCCC)CC3)ccc2c1. The molecule has 0 spiro atoms. The first kappa shape index (κ1) is 21.9. The summed E-state index contributed by atoms with van der Waals surface area (Å²) in [5, 5.41) is 2.40. The van der Waals surface area contributed by atoms with Gasteiger partial charge in [-0.3, -0.25) is 4.79 Å². The van der Waals surface area contributed by atoms with E-state index in [4.69, 9.17) is 4.74 Å². The van der Waals surface area contributed by atoms with Gasteiger partial charge < -0.3 is 4.74 Å². The van der Waals surface area contributed by atoms with E-state index in [-0.39, 0.29) is 5.97 Å². The monoisotopic (exact) mass is 394 g/mol. The Morgan fingerprint density at radius 3 is 2.31 bits per heavy atom. The maximum Gasteiger partial charge on any atom is 0.311 e. The van der Waals surface area contributed by atoms with Crippen molar-refractivity contribution >= 4 is 16.7 Å². The molecule has 29 heavy (non-hydrogen) atoms. The van der Waals surface area contributed by atoms with E-state index in [1.807, 2.05) is 12.1 Å². The minimum Gasteiger partial charge on any atom is -0.427 e. The molecule has 2 nitrogen and oxygen atoms in total. The Bertz CT molecular complexity index is 771. The number of unbranched alkanes of at least 4 members (excludes halogenated alkanes) is 4. The highest BCUT2D eigenvalue weighted by Crippen LogP contribution is 2.38. The summed E-state index contributed by atoms with van der Waals surface area (Å²) in [6.45, 7) is 4.43. The molecule has 0 bridgehead atoms. The van der Waals surface area contributed by atoms with Crippen LogP contribution in [0.1, 0.15) is 102 Å². The van der Waals surface area contributed by atoms with Gasteiger partial charge in [0.05, 0.1) is 0 Å². The average Bonchev–Trinajstić information content (AvgIpc) is 2.74. The maximum absolute atomic E-state index is 12.0. The fraction of sp³-hybridized carbons (Fsp3) is 0.593. The summed E-state index contributed by atoms with van der Waals surface area (Å²) in [4.78, 5) is 12.0. The van der Waals surface area contributed by atoms with Crippen LogP contribution in [0.25, 0.3) is 10.8 Å². The number of benzene rings is 2. The Morgan fingerprint density at radius 2 is 1.55 bits per heavy atom. The quantitative estimate of drug-likeness (QED) is 0.231. The number of carbonyl (C=O) groups is 1. The van der Waals surface area contributed by atoms with Crippen LogP contribution < -0.4 is 4.74 Å². The predicted octanol–water partition coefficient (Wildman–Crippen LogP) is 8.18. The van der Waals surface area contributed by atoms with Crippen LogP contribution in [0.4, 0.5) is 0 Å². The molecular weight excluding hydrogens is 356 g/mol. The molecule has 0 aliphatic heterocycles. The molecule has 2 aromatic carbocycles. The van der Waals surface area contributed by atoms with Gasteiger partial charge in [0.2, 0.25) is 0 Å². The number of hydrogen-bond donors (Lipinski definition) is 0. The largest absolute Gasteiger partial charge is 0.427 e. The second-order valence-corrected chi connectivity index (χ2v) is 8.91. The van der Waals surface area contributed by atoms with E-state index >= 15 is 0 Å². The van der Waals surface area contributed by atoms with Crippen LogP contribution in [0, 0.1) is 5.92 Å². The van der Waals surface area contributed by atoms with E-state index in [1.54, 1.807) is 0 Å². The van der Waals surface area contributed by atoms with Crippen molar-refractivity contribution in [1.29, 1.82) is 0 Å². The third-order valence-corrected chi connectivity index (χ3v) is 6.59. The highest BCUT2D eigenvalue weighted by Gasteiger charge is 2.22. The smallest absolute Gasteiger partial charge is 0.311 e. The summed E-state index contributed by atoms with van der Waals surface area (Å²) < 4.78 is 5.53. The van der Waals surface area contributed by atoms with Crippen LogP contribution in [0.5, 0.6) is 5.75 Å². The lowest BCUT2D eigenvalue weighted by atomic mass is 9.77. The Morgan fingerprint density at radius 1 is 0.862 bits per heavy atom. The van der Waals surface area contributed by atoms with Crippen LogP contribution in [0.2, 0.25) is 0 Å². The molecule has 158 valence electrons. The fourth-order valence-electron chi connectivity index (χ4n) is 4.73. The van der Waals surface area contributed by atoms with E-state index < -0.39 is 0 Å². The minimum atomic E-state index is -0.120. The lowest BCUT2D eigenvalue weighted by molar-refractivity contribution is -0.134. The van der Waals surface area contributed by atoms with Gasteiger partial charge in [0, 0.05) is 6.42 Å². The van der Waals surface area contributed by atoms with Gasteiger partial charge in [-0.25, -0.2) is 0 Å². The molecule has 0 N–H and O–H groups in total. The summed E-state index contributed by atoms with van der Waals surface area (Å²) in [7, 11) is 0. The molecule has 1 fully saturated rings. The highest BCUT2D eigenvalue weighted by molar-refractivity contribution is 5.85. The van der Waals surface area contributed by atoms with Crippen molar-refractivity contribution in [3.05, 3.63) is 42.0 Å². The minimum absolute atomic E-state index is 0.120. The molecule has 0 amide bonds. The third-order valence-electron chi connectivity index (χ3n) is 6.59. The Balaban J connectivity index is 1.56. The van der Waals surface area contributed by atoms with Crippen molar-refractivity contribution in [1.82, 2.24) is 0 Å². The van der Waals surface area contributed by atoms with E-state index in [9.17, 15) is 4.79 Å². The number of fused-ring (bicyclic) bond motifs is 1. The van der Waals surface area contributed by atoms with Crippen molar-refractivity contribution in [2.45, 2.75) is 96.8 Å². The second kappa shape index (κ2) is 11.4. The van der Waals surface area contributed by atoms with Crippen LogP contribution in [-0.4, -0.2) is 5.97 Å². The fourth-order valence-corrected chi connectivity index (χ4v) is 4.73. The third kappa shape index (κ3) is 6.59. The van der Waals surface area contributed by atoms with Crippen molar-refractivity contribution < 1.29 is 9.53 Å². The topological polar surface area (TPSA) is 26.3 Å². The molecular formula is C27H38O2. The molecule has 3 rings (SSSR count). The number of esters is 1. The van der Waals surface area contributed by atoms with Crippen LogP contribution >= 0.6 is 0 Å². The normalized spacial score (nSPS) is 19.4. The lowest BCUT2D eigenvalue weighted by Gasteiger charge is -2.29. The van der Waals surface area contributed by atoms with Gasteiger partial charge in [0.25, 0.3) is 0 Å². The number of carbonyl (C=O) groups excluding carboxylic acids is 1. The zero-order valence-corrected chi connectivity index (χ0v) is 18.4. The first-order valence-electron chi connectivity index (χ1n) is 11.9. The molecule has 0 aromatic heterocycles. The Hall–Kier alpha value is -1.83. The van der Waals surface area contributed by atoms with Gasteiger partial charge in [0.1, 0.15) is 5.75 Å². The Labute approximate surface area is 177 Å². The van der Waals surface area contributed by atoms with Gasteiger partial charge in [-0.05, 0) is 72.4 Å². The van der Waals surface area contributed by atoms with Crippen LogP contribution in [0.15, 0.2) is 36.4 Å². The van der Waals surface area contributed by atoms with Crippen molar-refractivity contribution in [3.8, 4) is 5.75 Å². The molecule has 2 aromatic rings. The number of ether oxygens (including phenoxy) is 1. The van der Waals surface area contributed by atoms with Crippen molar-refractivity contribution in [3.63, 3.8) is 0 Å². The molecule has 1 aliphatic carbocycles. The van der Waals surface area contributed by atoms with Crippen LogP contribution in [-0.2, 0) is 4.79 Å². The lowest BCUT2D eigenvalue weighted by Crippen LogP contribution is -2.13. The average molecular weight is 395 g/mol. The summed E-state index contributed by atoms with van der Waals surface area (Å²) in [6.07, 6.45) is 14.6. The van der Waals surface area contributed by atoms with Gasteiger partial charge in [-0.15, -0.1) is 0 Å². The maximum atomic E-state index is 12.0. The van der Waals surface area contributed by atoms with E-state index in [1.165, 1.54) is 62.3 Å². The summed E-state index contributed by atoms with van der Waals surface area (Å²) >= 11 is 0. The van der Waals surface area contributed by atoms with Crippen LogP contribution in [0.3, 0.4) is 0 Å². The van der Waals surface area contributed by atoms with E-state index in [0.29, 0.717) is 18.1 Å². The Kier molecular flexibility index (Phi) is 8.58. The first-order chi connectivity index (χ1) is 14.2. The molecule has 2 heteroatoms. The molecule has 0 unspecified atom stereocenters. The zero-order valence-electron chi connectivity index (χ0n) is 18.4. The predicted molar refractivity (Wildman–Crippen MR) is 123 cm³/mol. The second-order valence-electron chi connectivity index (χ2n) is 8.91. The molecule has 0 saturated heterocycles. The van der Waals surface area contributed by atoms with Gasteiger partial charge in [-0.1, -0.05) is 76.6 Å². The van der Waals surface area contributed by atoms with Crippen molar-refractivity contribution in [2.24, 2.45) is 5.92 Å². The standard InChI is InChI=1S/C27H38O2/c1-3-5-7-9-21-11-13-22(14-12-21)23-15-16-25-20-26(18-17-24(25)19-23)29-27(28)10-8-6-4-2/h15-22H,3-14H2,1-2H3/t21-,22-. The highest BCUT2D eigenvalue weighted by atomic mass is 16.5. The van der Waals surface area contributed by atoms with Crippen molar-refractivity contribution in [2.75, 3.05) is 0 Å². The van der Waals surface area contributed by atoms with E-state index in [0.717, 1.165) is 30.6 Å². The summed E-state index contributed by atoms with van der Waals surface area (Å²) in [5.74, 6) is 2.20. The molecule has 0 radical (unpaired) electrons. The number of hydrogen-bond acceptors (Lipinski definition) is 2. The summed E-state index contributed by atoms with van der Waals surface area (Å²) in [6, 6.07) is 12.9. The summed E-state index contributed by atoms with van der Waals surface area (Å²) in [5.41, 5.74) is 1.48. The van der Waals surface area contributed by atoms with Gasteiger partial charge in [0.15, 0.2) is 0 Å². The number of rotatable bonds is 10. The van der Waals surface area contributed by atoms with Gasteiger partial charge in [-0.2, -0.15) is 0 Å². The molecule has 1 aliphatic rings. The van der Waals surface area contributed by atoms with E-state index in [2.05, 4.69) is 38.1 Å². The molecule has 0 heterocycles. The van der Waals surface area contributed by atoms with Gasteiger partial charge >= 0.3 is 5.97 Å². The zero-order chi connectivity index (χ0) is 20.5. The molecule has 1 saturated carbocycles.